The van der Waals surface area contributed by atoms with Crippen LogP contribution in [0.1, 0.15) is 32.6 Å². The maximum absolute atomic E-state index is 12.2. The number of anilines is 1. The molecule has 92 valence electrons. The van der Waals surface area contributed by atoms with Crippen molar-refractivity contribution in [3.8, 4) is 0 Å². The number of carbonyl (C=O) groups excluding carboxylic acids is 1. The molecule has 2 rings (SSSR count). The maximum Gasteiger partial charge on any atom is 0.249 e. The Labute approximate surface area is 100 Å². The number of hydrogen-bond donors (Lipinski definition) is 2. The zero-order chi connectivity index (χ0) is 12.1. The summed E-state index contributed by atoms with van der Waals surface area (Å²) >= 11 is 0. The molecule has 0 radical (unpaired) electrons. The van der Waals surface area contributed by atoms with Gasteiger partial charge in [0.05, 0.1) is 17.9 Å². The van der Waals surface area contributed by atoms with E-state index in [1.165, 1.54) is 12.4 Å². The van der Waals surface area contributed by atoms with E-state index in [9.17, 15) is 4.79 Å². The zero-order valence-corrected chi connectivity index (χ0v) is 9.94. The van der Waals surface area contributed by atoms with Gasteiger partial charge < -0.3 is 5.32 Å². The molecule has 17 heavy (non-hydrogen) atoms. The molecule has 0 aromatic carbocycles. The summed E-state index contributed by atoms with van der Waals surface area (Å²) in [6.45, 7) is 2.97. The van der Waals surface area contributed by atoms with E-state index >= 15 is 0 Å². The third-order valence-electron chi connectivity index (χ3n) is 3.06. The van der Waals surface area contributed by atoms with Crippen molar-refractivity contribution in [2.75, 3.05) is 11.9 Å². The van der Waals surface area contributed by atoms with Gasteiger partial charge in [-0.05, 0) is 25.8 Å². The molecular formula is C11H17N5O. The van der Waals surface area contributed by atoms with E-state index < -0.39 is 5.54 Å². The first kappa shape index (κ1) is 11.9. The molecule has 0 bridgehead atoms. The minimum atomic E-state index is -0.450. The van der Waals surface area contributed by atoms with Crippen LogP contribution in [0.3, 0.4) is 0 Å². The van der Waals surface area contributed by atoms with Crippen molar-refractivity contribution in [2.45, 2.75) is 38.1 Å². The molecular weight excluding hydrogens is 218 g/mol. The van der Waals surface area contributed by atoms with E-state index in [0.29, 0.717) is 0 Å². The first-order valence-corrected chi connectivity index (χ1v) is 5.97. The quantitative estimate of drug-likeness (QED) is 0.804. The lowest BCUT2D eigenvalue weighted by Gasteiger charge is -2.27. The lowest BCUT2D eigenvalue weighted by atomic mass is 9.91. The average molecular weight is 235 g/mol. The van der Waals surface area contributed by atoms with E-state index in [4.69, 9.17) is 0 Å². The fourth-order valence-corrected chi connectivity index (χ4v) is 2.28. The van der Waals surface area contributed by atoms with Gasteiger partial charge in [0, 0.05) is 0 Å². The largest absolute Gasteiger partial charge is 0.303 e. The third kappa shape index (κ3) is 2.58. The van der Waals surface area contributed by atoms with E-state index in [-0.39, 0.29) is 11.9 Å². The molecule has 2 heterocycles. The number of carbonyl (C=O) groups is 1. The van der Waals surface area contributed by atoms with Crippen LogP contribution in [0.15, 0.2) is 12.4 Å². The zero-order valence-electron chi connectivity index (χ0n) is 9.94. The third-order valence-corrected chi connectivity index (χ3v) is 3.06. The second kappa shape index (κ2) is 5.18. The summed E-state index contributed by atoms with van der Waals surface area (Å²) in [5, 5.41) is 13.5. The van der Waals surface area contributed by atoms with Gasteiger partial charge in [0.1, 0.15) is 0 Å². The van der Waals surface area contributed by atoms with Gasteiger partial charge in [0.15, 0.2) is 0 Å². The van der Waals surface area contributed by atoms with Crippen LogP contribution in [0.25, 0.3) is 0 Å². The van der Waals surface area contributed by atoms with Gasteiger partial charge in [-0.3, -0.25) is 10.1 Å². The summed E-state index contributed by atoms with van der Waals surface area (Å²) in [5.74, 6) is 0.214. The van der Waals surface area contributed by atoms with Gasteiger partial charge in [0.25, 0.3) is 0 Å². The lowest BCUT2D eigenvalue weighted by Crippen LogP contribution is -2.50. The van der Waals surface area contributed by atoms with Gasteiger partial charge in [0.2, 0.25) is 11.9 Å². The summed E-state index contributed by atoms with van der Waals surface area (Å²) in [6, 6.07) is 0. The van der Waals surface area contributed by atoms with Gasteiger partial charge >= 0.3 is 0 Å². The molecule has 0 aliphatic carbocycles. The Hall–Kier alpha value is -1.56. The van der Waals surface area contributed by atoms with Gasteiger partial charge in [-0.25, -0.2) is 4.98 Å². The van der Waals surface area contributed by atoms with Crippen molar-refractivity contribution in [1.82, 2.24) is 20.5 Å². The van der Waals surface area contributed by atoms with E-state index in [1.54, 1.807) is 0 Å². The molecule has 1 amide bonds. The van der Waals surface area contributed by atoms with Crippen molar-refractivity contribution in [1.29, 1.82) is 0 Å². The summed E-state index contributed by atoms with van der Waals surface area (Å²) < 4.78 is 0. The Kier molecular flexibility index (Phi) is 3.63. The van der Waals surface area contributed by atoms with Crippen molar-refractivity contribution < 1.29 is 4.79 Å². The van der Waals surface area contributed by atoms with Crippen molar-refractivity contribution >= 4 is 11.9 Å². The van der Waals surface area contributed by atoms with Crippen LogP contribution in [-0.4, -0.2) is 33.2 Å². The van der Waals surface area contributed by atoms with Crippen molar-refractivity contribution in [3.63, 3.8) is 0 Å². The van der Waals surface area contributed by atoms with Gasteiger partial charge in [-0.1, -0.05) is 13.3 Å². The number of nitrogens with zero attached hydrogens (tertiary/aromatic N) is 3. The predicted octanol–water partition coefficient (Wildman–Crippen LogP) is 0.732. The molecule has 1 aromatic heterocycles. The first-order valence-electron chi connectivity index (χ1n) is 5.97. The van der Waals surface area contributed by atoms with Crippen molar-refractivity contribution in [3.05, 3.63) is 12.4 Å². The van der Waals surface area contributed by atoms with Crippen LogP contribution in [0, 0.1) is 0 Å². The number of amides is 1. The summed E-state index contributed by atoms with van der Waals surface area (Å²) in [6.07, 6.45) is 6.68. The Morgan fingerprint density at radius 3 is 3.06 bits per heavy atom. The minimum Gasteiger partial charge on any atom is -0.303 e. The number of aromatic nitrogens is 3. The molecule has 1 unspecified atom stereocenters. The highest BCUT2D eigenvalue weighted by molar-refractivity contribution is 5.97. The number of rotatable bonds is 4. The molecule has 2 N–H and O–H groups in total. The Bertz CT molecular complexity index is 375. The molecule has 1 aliphatic rings. The normalized spacial score (nSPS) is 23.6. The molecule has 0 saturated carbocycles. The monoisotopic (exact) mass is 235 g/mol. The van der Waals surface area contributed by atoms with Crippen LogP contribution in [0.5, 0.6) is 0 Å². The number of nitrogens with one attached hydrogen (secondary N) is 2. The highest BCUT2D eigenvalue weighted by Gasteiger charge is 2.40. The second-order valence-corrected chi connectivity index (χ2v) is 4.28. The maximum atomic E-state index is 12.2. The van der Waals surface area contributed by atoms with Crippen LogP contribution in [0.4, 0.5) is 5.95 Å². The topological polar surface area (TPSA) is 79.8 Å². The van der Waals surface area contributed by atoms with Crippen molar-refractivity contribution in [2.24, 2.45) is 0 Å². The molecule has 1 aromatic rings. The van der Waals surface area contributed by atoms with Crippen LogP contribution >= 0.6 is 0 Å². The first-order chi connectivity index (χ1) is 8.27. The summed E-state index contributed by atoms with van der Waals surface area (Å²) in [5.41, 5.74) is -0.450. The predicted molar refractivity (Wildman–Crippen MR) is 63.3 cm³/mol. The lowest BCUT2D eigenvalue weighted by molar-refractivity contribution is -0.122. The SMILES string of the molecule is CCCC1(C(=O)Nc2nccnn2)CCCN1. The fraction of sp³-hybridized carbons (Fsp3) is 0.636. The second-order valence-electron chi connectivity index (χ2n) is 4.28. The van der Waals surface area contributed by atoms with Crippen LogP contribution in [0.2, 0.25) is 0 Å². The molecule has 1 atom stereocenters. The minimum absolute atomic E-state index is 0.0511. The molecule has 1 aliphatic heterocycles. The van der Waals surface area contributed by atoms with E-state index in [0.717, 1.165) is 32.2 Å². The fourth-order valence-electron chi connectivity index (χ4n) is 2.28. The van der Waals surface area contributed by atoms with Gasteiger partial charge in [-0.2, -0.15) is 5.10 Å². The van der Waals surface area contributed by atoms with E-state index in [2.05, 4.69) is 32.7 Å². The molecule has 0 spiro atoms. The number of hydrogen-bond acceptors (Lipinski definition) is 5. The Morgan fingerprint density at radius 1 is 1.59 bits per heavy atom. The standard InChI is InChI=1S/C11H17N5O/c1-2-4-11(5-3-6-13-11)9(17)15-10-12-7-8-14-16-10/h7-8,13H,2-6H2,1H3,(H,12,15,16,17). The van der Waals surface area contributed by atoms with Crippen LogP contribution in [-0.2, 0) is 4.79 Å². The Morgan fingerprint density at radius 2 is 2.47 bits per heavy atom. The smallest absolute Gasteiger partial charge is 0.249 e. The molecule has 6 heteroatoms. The molecule has 6 nitrogen and oxygen atoms in total. The highest BCUT2D eigenvalue weighted by atomic mass is 16.2. The molecule has 1 saturated heterocycles. The average Bonchev–Trinajstić information content (AvgIpc) is 2.81. The summed E-state index contributed by atoms with van der Waals surface area (Å²) in [4.78, 5) is 16.2. The summed E-state index contributed by atoms with van der Waals surface area (Å²) in [7, 11) is 0. The highest BCUT2D eigenvalue weighted by Crippen LogP contribution is 2.25. The Balaban J connectivity index is 2.07. The van der Waals surface area contributed by atoms with Gasteiger partial charge in [-0.15, -0.1) is 5.10 Å². The van der Waals surface area contributed by atoms with Crippen LogP contribution < -0.4 is 10.6 Å². The molecule has 1 fully saturated rings. The van der Waals surface area contributed by atoms with E-state index in [1.807, 2.05) is 0 Å².